The number of aromatic nitrogens is 4. The van der Waals surface area contributed by atoms with E-state index < -0.39 is 6.08 Å². The highest BCUT2D eigenvalue weighted by molar-refractivity contribution is 5.82. The molecule has 0 unspecified atom stereocenters. The largest absolute Gasteiger partial charge is 0.382 e. The monoisotopic (exact) mass is 451 g/mol. The maximum absolute atomic E-state index is 14.1. The number of rotatable bonds is 8. The van der Waals surface area contributed by atoms with Crippen LogP contribution >= 0.6 is 0 Å². The molecule has 1 aliphatic heterocycles. The number of nitrogens with zero attached hydrogens (tertiary/aromatic N) is 5. The van der Waals surface area contributed by atoms with Crippen molar-refractivity contribution >= 4 is 22.7 Å². The van der Waals surface area contributed by atoms with E-state index >= 15 is 0 Å². The van der Waals surface area contributed by atoms with Gasteiger partial charge in [0.15, 0.2) is 17.0 Å². The number of fused-ring (bicyclic) bond motifs is 2. The van der Waals surface area contributed by atoms with Gasteiger partial charge in [0.1, 0.15) is 5.82 Å². The van der Waals surface area contributed by atoms with E-state index in [0.29, 0.717) is 36.0 Å². The summed E-state index contributed by atoms with van der Waals surface area (Å²) in [6.45, 7) is 7.77. The van der Waals surface area contributed by atoms with Gasteiger partial charge in [-0.1, -0.05) is 26.3 Å². The van der Waals surface area contributed by atoms with Crippen LogP contribution in [0.25, 0.3) is 11.2 Å². The SMILES string of the molecule is CC(C)CNCCn1c(Cc2cc3c(cc2C2CCC2)N(C)CC3)nc2c(N)nc(F)nc21. The third kappa shape index (κ3) is 4.28. The summed E-state index contributed by atoms with van der Waals surface area (Å²) in [5.41, 5.74) is 12.5. The zero-order valence-corrected chi connectivity index (χ0v) is 19.9. The van der Waals surface area contributed by atoms with Crippen molar-refractivity contribution in [1.82, 2.24) is 24.8 Å². The number of hydrogen-bond acceptors (Lipinski definition) is 6. The summed E-state index contributed by atoms with van der Waals surface area (Å²) < 4.78 is 16.1. The summed E-state index contributed by atoms with van der Waals surface area (Å²) in [6, 6.07) is 4.79. The van der Waals surface area contributed by atoms with Crippen molar-refractivity contribution in [3.05, 3.63) is 40.7 Å². The van der Waals surface area contributed by atoms with Crippen molar-refractivity contribution in [2.45, 2.75) is 58.4 Å². The lowest BCUT2D eigenvalue weighted by molar-refractivity contribution is 0.417. The van der Waals surface area contributed by atoms with Crippen LogP contribution in [-0.4, -0.2) is 46.2 Å². The van der Waals surface area contributed by atoms with Gasteiger partial charge in [-0.15, -0.1) is 0 Å². The molecule has 5 rings (SSSR count). The van der Waals surface area contributed by atoms with Crippen molar-refractivity contribution in [1.29, 1.82) is 0 Å². The topological polar surface area (TPSA) is 84.9 Å². The van der Waals surface area contributed by atoms with Gasteiger partial charge >= 0.3 is 6.08 Å². The molecule has 1 aliphatic carbocycles. The van der Waals surface area contributed by atoms with Gasteiger partial charge in [-0.2, -0.15) is 14.4 Å². The Hall–Kier alpha value is -2.74. The van der Waals surface area contributed by atoms with E-state index in [1.807, 2.05) is 4.57 Å². The van der Waals surface area contributed by atoms with Crippen LogP contribution in [0.4, 0.5) is 15.9 Å². The standard InChI is InChI=1S/C25H34FN7/c1-15(2)14-28-8-10-33-21(29-22-23(27)30-25(26)31-24(22)33)12-18-11-17-7-9-32(3)20(17)13-19(18)16-5-4-6-16/h11,13,15-16,28H,4-10,12,14H2,1-3H3,(H2,27,30,31). The minimum Gasteiger partial charge on any atom is -0.382 e. The van der Waals surface area contributed by atoms with E-state index in [1.165, 1.54) is 41.6 Å². The molecule has 8 heteroatoms. The number of hydrogen-bond donors (Lipinski definition) is 2. The minimum absolute atomic E-state index is 0.0995. The van der Waals surface area contributed by atoms with Crippen LogP contribution < -0.4 is 16.0 Å². The maximum atomic E-state index is 14.1. The second-order valence-corrected chi connectivity index (χ2v) is 9.98. The number of benzene rings is 1. The smallest absolute Gasteiger partial charge is 0.312 e. The fourth-order valence-corrected chi connectivity index (χ4v) is 5.08. The van der Waals surface area contributed by atoms with Gasteiger partial charge in [0.2, 0.25) is 0 Å². The number of nitrogens with two attached hydrogens (primary N) is 1. The van der Waals surface area contributed by atoms with E-state index in [4.69, 9.17) is 10.7 Å². The highest BCUT2D eigenvalue weighted by atomic mass is 19.1. The average molecular weight is 452 g/mol. The van der Waals surface area contributed by atoms with E-state index in [0.717, 1.165) is 31.9 Å². The molecule has 3 heterocycles. The molecule has 0 radical (unpaired) electrons. The Balaban J connectivity index is 1.53. The molecule has 0 bridgehead atoms. The first-order chi connectivity index (χ1) is 15.9. The van der Waals surface area contributed by atoms with Crippen LogP contribution in [0.2, 0.25) is 0 Å². The van der Waals surface area contributed by atoms with E-state index in [2.05, 4.69) is 53.2 Å². The molecule has 2 aliphatic rings. The first-order valence-electron chi connectivity index (χ1n) is 12.2. The van der Waals surface area contributed by atoms with E-state index in [1.54, 1.807) is 0 Å². The Morgan fingerprint density at radius 1 is 1.21 bits per heavy atom. The Morgan fingerprint density at radius 3 is 2.76 bits per heavy atom. The molecule has 3 aromatic rings. The summed E-state index contributed by atoms with van der Waals surface area (Å²) in [7, 11) is 2.18. The normalized spacial score (nSPS) is 16.1. The molecule has 0 saturated heterocycles. The predicted molar refractivity (Wildman–Crippen MR) is 130 cm³/mol. The van der Waals surface area contributed by atoms with Crippen molar-refractivity contribution in [2.75, 3.05) is 37.3 Å². The number of likely N-dealkylation sites (N-methyl/N-ethyl adjacent to an activating group) is 1. The van der Waals surface area contributed by atoms with Gasteiger partial charge in [0.05, 0.1) is 0 Å². The number of anilines is 2. The molecule has 1 fully saturated rings. The second-order valence-electron chi connectivity index (χ2n) is 9.98. The Kier molecular flexibility index (Phi) is 5.95. The number of nitrogen functional groups attached to an aromatic ring is 1. The quantitative estimate of drug-likeness (QED) is 0.402. The van der Waals surface area contributed by atoms with Crippen molar-refractivity contribution in [3.8, 4) is 0 Å². The van der Waals surface area contributed by atoms with Crippen LogP contribution in [0.1, 0.15) is 61.5 Å². The van der Waals surface area contributed by atoms with Crippen LogP contribution in [-0.2, 0) is 19.4 Å². The number of imidazole rings is 1. The molecule has 0 amide bonds. The molecule has 0 atom stereocenters. The molecule has 33 heavy (non-hydrogen) atoms. The molecule has 2 aromatic heterocycles. The number of halogens is 1. The molecule has 0 spiro atoms. The lowest BCUT2D eigenvalue weighted by Crippen LogP contribution is -2.25. The fourth-order valence-electron chi connectivity index (χ4n) is 5.08. The van der Waals surface area contributed by atoms with Gasteiger partial charge in [0.25, 0.3) is 0 Å². The molecular weight excluding hydrogens is 417 g/mol. The van der Waals surface area contributed by atoms with Gasteiger partial charge in [-0.25, -0.2) is 4.98 Å². The predicted octanol–water partition coefficient (Wildman–Crippen LogP) is 3.64. The van der Waals surface area contributed by atoms with E-state index in [9.17, 15) is 4.39 Å². The lowest BCUT2D eigenvalue weighted by Gasteiger charge is -2.29. The highest BCUT2D eigenvalue weighted by Crippen LogP contribution is 2.42. The third-order valence-corrected chi connectivity index (χ3v) is 7.10. The first kappa shape index (κ1) is 22.1. The Bertz CT molecular complexity index is 1170. The Labute approximate surface area is 194 Å². The summed E-state index contributed by atoms with van der Waals surface area (Å²) in [5, 5.41) is 3.47. The molecule has 176 valence electrons. The molecule has 3 N–H and O–H groups in total. The van der Waals surface area contributed by atoms with Gasteiger partial charge in [-0.05, 0) is 60.4 Å². The van der Waals surface area contributed by atoms with E-state index in [-0.39, 0.29) is 5.82 Å². The molecule has 1 saturated carbocycles. The number of nitrogens with one attached hydrogen (secondary N) is 1. The van der Waals surface area contributed by atoms with Crippen molar-refractivity contribution < 1.29 is 4.39 Å². The van der Waals surface area contributed by atoms with Gasteiger partial charge < -0.3 is 20.5 Å². The zero-order valence-electron chi connectivity index (χ0n) is 19.9. The summed E-state index contributed by atoms with van der Waals surface area (Å²) in [6.07, 6.45) is 4.73. The maximum Gasteiger partial charge on any atom is 0.312 e. The second kappa shape index (κ2) is 8.89. The summed E-state index contributed by atoms with van der Waals surface area (Å²) in [4.78, 5) is 15.0. The molecular formula is C25H34FN7. The highest BCUT2D eigenvalue weighted by Gasteiger charge is 2.27. The fraction of sp³-hybridized carbons (Fsp3) is 0.560. The zero-order chi connectivity index (χ0) is 23.1. The van der Waals surface area contributed by atoms with Crippen LogP contribution in [0.5, 0.6) is 0 Å². The first-order valence-corrected chi connectivity index (χ1v) is 12.2. The van der Waals surface area contributed by atoms with Crippen molar-refractivity contribution in [3.63, 3.8) is 0 Å². The van der Waals surface area contributed by atoms with Crippen LogP contribution in [0.3, 0.4) is 0 Å². The third-order valence-electron chi connectivity index (χ3n) is 7.10. The van der Waals surface area contributed by atoms with Crippen LogP contribution in [0, 0.1) is 12.0 Å². The van der Waals surface area contributed by atoms with Crippen molar-refractivity contribution in [2.24, 2.45) is 5.92 Å². The molecule has 1 aromatic carbocycles. The summed E-state index contributed by atoms with van der Waals surface area (Å²) >= 11 is 0. The van der Waals surface area contributed by atoms with Gasteiger partial charge in [-0.3, -0.25) is 0 Å². The minimum atomic E-state index is -0.807. The Morgan fingerprint density at radius 2 is 2.03 bits per heavy atom. The lowest BCUT2D eigenvalue weighted by atomic mass is 9.77. The molecule has 7 nitrogen and oxygen atoms in total. The van der Waals surface area contributed by atoms with Crippen LogP contribution in [0.15, 0.2) is 12.1 Å². The average Bonchev–Trinajstić information content (AvgIpc) is 3.25. The summed E-state index contributed by atoms with van der Waals surface area (Å²) in [5.74, 6) is 2.15. The van der Waals surface area contributed by atoms with Gasteiger partial charge in [0, 0.05) is 38.8 Å².